The fourth-order valence-corrected chi connectivity index (χ4v) is 0.599. The zero-order valence-corrected chi connectivity index (χ0v) is 6.04. The topological polar surface area (TPSA) is 40.1 Å². The predicted octanol–water partition coefficient (Wildman–Crippen LogP) is -0.380. The van der Waals surface area contributed by atoms with E-state index in [0.29, 0.717) is 12.0 Å². The first-order chi connectivity index (χ1) is 3.80. The molecule has 0 aromatic rings. The van der Waals surface area contributed by atoms with Crippen molar-refractivity contribution in [3.63, 3.8) is 0 Å². The van der Waals surface area contributed by atoms with E-state index in [9.17, 15) is 9.90 Å². The van der Waals surface area contributed by atoms with E-state index in [4.69, 9.17) is 0 Å². The van der Waals surface area contributed by atoms with Crippen molar-refractivity contribution in [3.8, 4) is 0 Å². The van der Waals surface area contributed by atoms with Crippen LogP contribution in [0.2, 0.25) is 0 Å². The fourth-order valence-electron chi connectivity index (χ4n) is 0.599. The van der Waals surface area contributed by atoms with Gasteiger partial charge in [-0.1, -0.05) is 18.2 Å². The van der Waals surface area contributed by atoms with E-state index in [-0.39, 0.29) is 22.4 Å². The summed E-state index contributed by atoms with van der Waals surface area (Å²) < 4.78 is 0. The first-order valence-corrected chi connectivity index (χ1v) is 2.38. The van der Waals surface area contributed by atoms with Gasteiger partial charge < -0.3 is 9.90 Å². The molecule has 0 aromatic heterocycles. The van der Waals surface area contributed by atoms with Crippen LogP contribution in [0.1, 0.15) is 6.42 Å². The molecule has 2 nitrogen and oxygen atoms in total. The van der Waals surface area contributed by atoms with E-state index in [1.807, 2.05) is 0 Å². The zero-order valence-electron chi connectivity index (χ0n) is 4.56. The number of rotatable bonds is 1. The molecule has 0 saturated carbocycles. The molecule has 52 valence electrons. The molecule has 0 fully saturated rings. The van der Waals surface area contributed by atoms with Crippen molar-refractivity contribution in [2.24, 2.45) is 0 Å². The van der Waals surface area contributed by atoms with Crippen LogP contribution >= 0.6 is 0 Å². The Morgan fingerprint density at radius 2 is 2.33 bits per heavy atom. The maximum Gasteiger partial charge on any atom is 1.00 e. The summed E-state index contributed by atoms with van der Waals surface area (Å²) in [6, 6.07) is 0. The Hall–Kier alpha value is -0.310. The quantitative estimate of drug-likeness (QED) is 0.561. The Morgan fingerprint density at radius 3 is 2.56 bits per heavy atom. The standard InChI is InChI=1S/C6H6O2.Ag/c7-6(8)5-3-1-2-4-5;/h1-3H,4H2,(H,7,8);/q;+1/p-1. The normalized spacial score (nSPS) is 14.4. The van der Waals surface area contributed by atoms with Crippen LogP contribution in [-0.2, 0) is 27.2 Å². The Bertz CT molecular complexity index is 170. The average Bonchev–Trinajstić information content (AvgIpc) is 2.12. The molecule has 0 atom stereocenters. The molecule has 0 aromatic carbocycles. The molecule has 0 N–H and O–H groups in total. The van der Waals surface area contributed by atoms with Crippen molar-refractivity contribution < 1.29 is 32.3 Å². The Labute approximate surface area is 68.8 Å². The largest absolute Gasteiger partial charge is 1.00 e. The number of carbonyl (C=O) groups is 1. The SMILES string of the molecule is O=C([O-])C1=CC=CC1.[Ag+]. The molecule has 0 saturated heterocycles. The van der Waals surface area contributed by atoms with Gasteiger partial charge in [-0.3, -0.25) is 0 Å². The van der Waals surface area contributed by atoms with Crippen LogP contribution in [0.15, 0.2) is 23.8 Å². The van der Waals surface area contributed by atoms with Gasteiger partial charge in [0.25, 0.3) is 0 Å². The molecule has 1 aliphatic rings. The summed E-state index contributed by atoms with van der Waals surface area (Å²) in [7, 11) is 0. The van der Waals surface area contributed by atoms with Gasteiger partial charge in [-0.2, -0.15) is 0 Å². The smallest absolute Gasteiger partial charge is 0.545 e. The second-order valence-corrected chi connectivity index (χ2v) is 1.61. The molecule has 0 amide bonds. The van der Waals surface area contributed by atoms with Crippen LogP contribution in [0.5, 0.6) is 0 Å². The third-order valence-corrected chi connectivity index (χ3v) is 1.03. The molecule has 0 unspecified atom stereocenters. The van der Waals surface area contributed by atoms with Gasteiger partial charge in [0.2, 0.25) is 0 Å². The fraction of sp³-hybridized carbons (Fsp3) is 0.167. The Kier molecular flexibility index (Phi) is 3.54. The van der Waals surface area contributed by atoms with Gasteiger partial charge in [0.15, 0.2) is 0 Å². The van der Waals surface area contributed by atoms with Crippen LogP contribution in [0.4, 0.5) is 0 Å². The van der Waals surface area contributed by atoms with E-state index >= 15 is 0 Å². The molecule has 1 rings (SSSR count). The van der Waals surface area contributed by atoms with Crippen LogP contribution < -0.4 is 5.11 Å². The summed E-state index contributed by atoms with van der Waals surface area (Å²) in [5.41, 5.74) is 0.366. The summed E-state index contributed by atoms with van der Waals surface area (Å²) in [6.45, 7) is 0. The van der Waals surface area contributed by atoms with Gasteiger partial charge in [-0.25, -0.2) is 0 Å². The number of carboxylic acids is 1. The minimum atomic E-state index is -1.06. The summed E-state index contributed by atoms with van der Waals surface area (Å²) in [5, 5.41) is 9.98. The molecule has 0 radical (unpaired) electrons. The van der Waals surface area contributed by atoms with E-state index in [0.717, 1.165) is 0 Å². The maximum atomic E-state index is 9.98. The zero-order chi connectivity index (χ0) is 5.98. The van der Waals surface area contributed by atoms with Crippen LogP contribution in [-0.4, -0.2) is 5.97 Å². The number of aliphatic carboxylic acids is 1. The van der Waals surface area contributed by atoms with Crippen molar-refractivity contribution in [1.82, 2.24) is 0 Å². The van der Waals surface area contributed by atoms with Crippen LogP contribution in [0, 0.1) is 0 Å². The van der Waals surface area contributed by atoms with Gasteiger partial charge in [-0.05, 0) is 12.0 Å². The number of hydrogen-bond acceptors (Lipinski definition) is 2. The minimum absolute atomic E-state index is 0. The van der Waals surface area contributed by atoms with E-state index in [2.05, 4.69) is 0 Å². The first kappa shape index (κ1) is 8.69. The van der Waals surface area contributed by atoms with Gasteiger partial charge in [-0.15, -0.1) is 0 Å². The number of hydrogen-bond donors (Lipinski definition) is 0. The third kappa shape index (κ3) is 2.18. The van der Waals surface area contributed by atoms with E-state index in [1.165, 1.54) is 0 Å². The van der Waals surface area contributed by atoms with Crippen molar-refractivity contribution in [3.05, 3.63) is 23.8 Å². The molecule has 9 heavy (non-hydrogen) atoms. The summed E-state index contributed by atoms with van der Waals surface area (Å²) >= 11 is 0. The minimum Gasteiger partial charge on any atom is -0.545 e. The van der Waals surface area contributed by atoms with Gasteiger partial charge in [0.05, 0.1) is 5.97 Å². The molecule has 0 spiro atoms. The number of carboxylic acid groups (broad SMARTS) is 1. The molecule has 3 heteroatoms. The van der Waals surface area contributed by atoms with Crippen molar-refractivity contribution >= 4 is 5.97 Å². The van der Waals surface area contributed by atoms with Crippen molar-refractivity contribution in [2.45, 2.75) is 6.42 Å². The first-order valence-electron chi connectivity index (χ1n) is 2.38. The molecule has 1 aliphatic carbocycles. The molecular formula is C6H5AgO2. The van der Waals surface area contributed by atoms with E-state index < -0.39 is 5.97 Å². The monoisotopic (exact) mass is 216 g/mol. The average molecular weight is 217 g/mol. The predicted molar refractivity (Wildman–Crippen MR) is 26.8 cm³/mol. The number of allylic oxidation sites excluding steroid dienone is 3. The molecular weight excluding hydrogens is 212 g/mol. The Morgan fingerprint density at radius 1 is 1.67 bits per heavy atom. The summed E-state index contributed by atoms with van der Waals surface area (Å²) in [4.78, 5) is 9.98. The Balaban J connectivity index is 0.000000640. The second kappa shape index (κ2) is 3.67. The van der Waals surface area contributed by atoms with Crippen LogP contribution in [0.25, 0.3) is 0 Å². The van der Waals surface area contributed by atoms with Gasteiger partial charge in [0.1, 0.15) is 0 Å². The molecule has 0 aliphatic heterocycles. The second-order valence-electron chi connectivity index (χ2n) is 1.61. The number of carbonyl (C=O) groups excluding carboxylic acids is 1. The van der Waals surface area contributed by atoms with Crippen molar-refractivity contribution in [1.29, 1.82) is 0 Å². The molecule has 0 bridgehead atoms. The maximum absolute atomic E-state index is 9.98. The van der Waals surface area contributed by atoms with Gasteiger partial charge in [0, 0.05) is 0 Å². The third-order valence-electron chi connectivity index (χ3n) is 1.03. The summed E-state index contributed by atoms with van der Waals surface area (Å²) in [5.74, 6) is -1.06. The summed E-state index contributed by atoms with van der Waals surface area (Å²) in [6.07, 6.45) is 5.56. The van der Waals surface area contributed by atoms with Crippen LogP contribution in [0.3, 0.4) is 0 Å². The van der Waals surface area contributed by atoms with Crippen molar-refractivity contribution in [2.75, 3.05) is 0 Å². The van der Waals surface area contributed by atoms with Gasteiger partial charge >= 0.3 is 22.4 Å². The van der Waals surface area contributed by atoms with E-state index in [1.54, 1.807) is 18.2 Å². The molecule has 0 heterocycles.